The summed E-state index contributed by atoms with van der Waals surface area (Å²) >= 11 is 0. The molecule has 4 fully saturated rings. The standard InChI is InChI=1S/C11H19BO2/c1-10(2)7-5-8(10)11(3)9(6-7)13-12(4)14-11/h7-9H,5-6H2,1-4H3/t7?,8-,9+,11-/m0/s1. The van der Waals surface area contributed by atoms with E-state index in [9.17, 15) is 0 Å². The van der Waals surface area contributed by atoms with Gasteiger partial charge in [-0.15, -0.1) is 0 Å². The summed E-state index contributed by atoms with van der Waals surface area (Å²) in [6.07, 6.45) is 2.90. The van der Waals surface area contributed by atoms with E-state index in [4.69, 9.17) is 9.31 Å². The second-order valence-corrected chi connectivity index (χ2v) is 6.04. The Hall–Kier alpha value is -0.0151. The number of hydrogen-bond acceptors (Lipinski definition) is 2. The lowest BCUT2D eigenvalue weighted by Gasteiger charge is -2.64. The number of rotatable bonds is 0. The third-order valence-corrected chi connectivity index (χ3v) is 5.08. The first-order valence-electron chi connectivity index (χ1n) is 5.78. The van der Waals surface area contributed by atoms with Crippen LogP contribution in [0.25, 0.3) is 0 Å². The van der Waals surface area contributed by atoms with Crippen LogP contribution < -0.4 is 0 Å². The van der Waals surface area contributed by atoms with Crippen LogP contribution in [0, 0.1) is 17.3 Å². The highest BCUT2D eigenvalue weighted by atomic mass is 16.7. The molecule has 14 heavy (non-hydrogen) atoms. The lowest BCUT2D eigenvalue weighted by Crippen LogP contribution is -2.65. The normalized spacial score (nSPS) is 54.0. The molecule has 0 amide bonds. The molecule has 0 aromatic carbocycles. The molecule has 1 saturated heterocycles. The maximum Gasteiger partial charge on any atom is 0.454 e. The van der Waals surface area contributed by atoms with Crippen molar-refractivity contribution in [2.75, 3.05) is 0 Å². The summed E-state index contributed by atoms with van der Waals surface area (Å²) in [7, 11) is 0.000139. The summed E-state index contributed by atoms with van der Waals surface area (Å²) in [6.45, 7) is 9.05. The predicted molar refractivity (Wildman–Crippen MR) is 56.0 cm³/mol. The van der Waals surface area contributed by atoms with Crippen LogP contribution in [-0.4, -0.2) is 18.8 Å². The number of hydrogen-bond donors (Lipinski definition) is 0. The van der Waals surface area contributed by atoms with Crippen LogP contribution in [0.1, 0.15) is 33.6 Å². The zero-order valence-electron chi connectivity index (χ0n) is 9.54. The van der Waals surface area contributed by atoms with E-state index in [2.05, 4.69) is 20.8 Å². The summed E-state index contributed by atoms with van der Waals surface area (Å²) in [5.41, 5.74) is 0.469. The van der Waals surface area contributed by atoms with Gasteiger partial charge in [0, 0.05) is 0 Å². The molecule has 2 bridgehead atoms. The van der Waals surface area contributed by atoms with Gasteiger partial charge in [0.2, 0.25) is 0 Å². The molecule has 4 rings (SSSR count). The lowest BCUT2D eigenvalue weighted by atomic mass is 9.43. The van der Waals surface area contributed by atoms with Crippen molar-refractivity contribution in [2.45, 2.75) is 52.1 Å². The van der Waals surface area contributed by atoms with E-state index in [0.29, 0.717) is 17.4 Å². The summed E-state index contributed by atoms with van der Waals surface area (Å²) in [5, 5.41) is 0. The van der Waals surface area contributed by atoms with Gasteiger partial charge in [0.1, 0.15) is 0 Å². The average Bonchev–Trinajstić information content (AvgIpc) is 2.37. The fourth-order valence-corrected chi connectivity index (χ4v) is 4.07. The van der Waals surface area contributed by atoms with Crippen molar-refractivity contribution in [3.05, 3.63) is 0 Å². The molecule has 1 aliphatic heterocycles. The van der Waals surface area contributed by atoms with Gasteiger partial charge in [0.15, 0.2) is 0 Å². The van der Waals surface area contributed by atoms with Gasteiger partial charge in [-0.2, -0.15) is 0 Å². The smallest absolute Gasteiger partial charge is 0.406 e. The second kappa shape index (κ2) is 2.38. The molecule has 78 valence electrons. The Balaban J connectivity index is 1.95. The third-order valence-electron chi connectivity index (χ3n) is 5.08. The molecule has 4 aliphatic rings. The fraction of sp³-hybridized carbons (Fsp3) is 1.00. The van der Waals surface area contributed by atoms with Crippen molar-refractivity contribution in [3.63, 3.8) is 0 Å². The maximum atomic E-state index is 6.02. The molecule has 0 spiro atoms. The Kier molecular flexibility index (Phi) is 1.57. The Morgan fingerprint density at radius 2 is 1.93 bits per heavy atom. The van der Waals surface area contributed by atoms with E-state index < -0.39 is 0 Å². The van der Waals surface area contributed by atoms with E-state index in [0.717, 1.165) is 5.92 Å². The van der Waals surface area contributed by atoms with Crippen LogP contribution >= 0.6 is 0 Å². The summed E-state index contributed by atoms with van der Waals surface area (Å²) < 4.78 is 11.9. The monoisotopic (exact) mass is 194 g/mol. The molecular weight excluding hydrogens is 175 g/mol. The summed E-state index contributed by atoms with van der Waals surface area (Å²) in [5.74, 6) is 1.56. The first-order chi connectivity index (χ1) is 6.44. The molecule has 3 saturated carbocycles. The highest BCUT2D eigenvalue weighted by molar-refractivity contribution is 6.43. The first kappa shape index (κ1) is 9.23. The fourth-order valence-electron chi connectivity index (χ4n) is 4.07. The van der Waals surface area contributed by atoms with E-state index in [-0.39, 0.29) is 12.7 Å². The van der Waals surface area contributed by atoms with Crippen molar-refractivity contribution in [1.29, 1.82) is 0 Å². The predicted octanol–water partition coefficient (Wildman–Crippen LogP) is 2.34. The zero-order chi connectivity index (χ0) is 10.1. The summed E-state index contributed by atoms with van der Waals surface area (Å²) in [6, 6.07) is 0. The van der Waals surface area contributed by atoms with Crippen LogP contribution in [0.2, 0.25) is 6.82 Å². The molecule has 3 aliphatic carbocycles. The molecule has 1 heterocycles. The Morgan fingerprint density at radius 3 is 2.57 bits per heavy atom. The van der Waals surface area contributed by atoms with E-state index in [1.165, 1.54) is 12.8 Å². The molecular formula is C11H19BO2. The molecule has 4 atom stereocenters. The second-order valence-electron chi connectivity index (χ2n) is 6.04. The minimum absolute atomic E-state index is 0.000139. The zero-order valence-corrected chi connectivity index (χ0v) is 9.54. The molecule has 0 N–H and O–H groups in total. The third kappa shape index (κ3) is 0.861. The van der Waals surface area contributed by atoms with Crippen LogP contribution in [-0.2, 0) is 9.31 Å². The first-order valence-corrected chi connectivity index (χ1v) is 5.78. The van der Waals surface area contributed by atoms with E-state index in [1.807, 2.05) is 6.82 Å². The molecule has 0 radical (unpaired) electrons. The van der Waals surface area contributed by atoms with Gasteiger partial charge in [-0.05, 0) is 43.8 Å². The topological polar surface area (TPSA) is 18.5 Å². The van der Waals surface area contributed by atoms with Crippen molar-refractivity contribution in [1.82, 2.24) is 0 Å². The van der Waals surface area contributed by atoms with Gasteiger partial charge in [0.05, 0.1) is 11.7 Å². The highest BCUT2D eigenvalue weighted by Gasteiger charge is 2.67. The highest BCUT2D eigenvalue weighted by Crippen LogP contribution is 2.65. The van der Waals surface area contributed by atoms with E-state index >= 15 is 0 Å². The Morgan fingerprint density at radius 1 is 1.21 bits per heavy atom. The Labute approximate surface area is 86.5 Å². The Bertz CT molecular complexity index is 278. The van der Waals surface area contributed by atoms with Gasteiger partial charge in [-0.25, -0.2) is 0 Å². The molecule has 2 nitrogen and oxygen atoms in total. The van der Waals surface area contributed by atoms with Gasteiger partial charge in [-0.1, -0.05) is 13.8 Å². The van der Waals surface area contributed by atoms with Crippen molar-refractivity contribution in [2.24, 2.45) is 17.3 Å². The maximum absolute atomic E-state index is 6.02. The average molecular weight is 194 g/mol. The van der Waals surface area contributed by atoms with Crippen LogP contribution in [0.4, 0.5) is 0 Å². The van der Waals surface area contributed by atoms with Crippen LogP contribution in [0.3, 0.4) is 0 Å². The quantitative estimate of drug-likeness (QED) is 0.551. The molecule has 1 unspecified atom stereocenters. The van der Waals surface area contributed by atoms with Gasteiger partial charge >= 0.3 is 7.12 Å². The SMILES string of the molecule is CB1O[C@@H]2CC3C[C@@H](C3(C)C)[C@]2(C)O1. The van der Waals surface area contributed by atoms with Crippen molar-refractivity contribution >= 4 is 7.12 Å². The molecule has 0 aromatic rings. The van der Waals surface area contributed by atoms with Crippen molar-refractivity contribution < 1.29 is 9.31 Å². The minimum Gasteiger partial charge on any atom is -0.406 e. The van der Waals surface area contributed by atoms with Crippen LogP contribution in [0.15, 0.2) is 0 Å². The molecule has 0 aromatic heterocycles. The minimum atomic E-state index is -0.00231. The largest absolute Gasteiger partial charge is 0.454 e. The van der Waals surface area contributed by atoms with Gasteiger partial charge < -0.3 is 9.31 Å². The van der Waals surface area contributed by atoms with Crippen molar-refractivity contribution in [3.8, 4) is 0 Å². The lowest BCUT2D eigenvalue weighted by molar-refractivity contribution is -0.199. The van der Waals surface area contributed by atoms with Gasteiger partial charge in [-0.3, -0.25) is 0 Å². The summed E-state index contributed by atoms with van der Waals surface area (Å²) in [4.78, 5) is 0. The molecule has 3 heteroatoms. The van der Waals surface area contributed by atoms with E-state index in [1.54, 1.807) is 0 Å². The van der Waals surface area contributed by atoms with Gasteiger partial charge in [0.25, 0.3) is 0 Å². The van der Waals surface area contributed by atoms with Crippen LogP contribution in [0.5, 0.6) is 0 Å².